The zero-order valence-electron chi connectivity index (χ0n) is 16.0. The Bertz CT molecular complexity index is 1060. The molecule has 1 aliphatic rings. The summed E-state index contributed by atoms with van der Waals surface area (Å²) in [7, 11) is 0. The van der Waals surface area contributed by atoms with Crippen molar-refractivity contribution < 1.29 is 9.72 Å². The Hall–Kier alpha value is -3.30. The van der Waals surface area contributed by atoms with Gasteiger partial charge in [-0.05, 0) is 24.3 Å². The van der Waals surface area contributed by atoms with Crippen molar-refractivity contribution in [2.45, 2.75) is 6.67 Å². The molecule has 3 aromatic rings. The highest BCUT2D eigenvalue weighted by atomic mass is 35.5. The van der Waals surface area contributed by atoms with Crippen LogP contribution in [0, 0.1) is 10.1 Å². The van der Waals surface area contributed by atoms with Crippen LogP contribution in [0.5, 0.6) is 0 Å². The molecule has 1 aromatic heterocycles. The minimum Gasteiger partial charge on any atom is -0.336 e. The molecule has 1 amide bonds. The number of non-ortho nitro benzene ring substituents is 1. The average Bonchev–Trinajstić information content (AvgIpc) is 3.23. The fourth-order valence-electron chi connectivity index (χ4n) is 3.33. The molecule has 1 aliphatic heterocycles. The van der Waals surface area contributed by atoms with E-state index >= 15 is 0 Å². The highest BCUT2D eigenvalue weighted by Gasteiger charge is 2.22. The lowest BCUT2D eigenvalue weighted by Crippen LogP contribution is -2.49. The third-order valence-corrected chi connectivity index (χ3v) is 5.20. The molecular formula is C20H19ClN6O3. The van der Waals surface area contributed by atoms with Gasteiger partial charge in [-0.15, -0.1) is 5.10 Å². The summed E-state index contributed by atoms with van der Waals surface area (Å²) in [6, 6.07) is 13.2. The number of rotatable bonds is 5. The molecule has 10 heteroatoms. The summed E-state index contributed by atoms with van der Waals surface area (Å²) in [5.41, 5.74) is 1.23. The van der Waals surface area contributed by atoms with E-state index in [1.165, 1.54) is 12.1 Å². The van der Waals surface area contributed by atoms with Crippen molar-refractivity contribution in [3.8, 4) is 11.4 Å². The molecule has 1 saturated heterocycles. The maximum atomic E-state index is 12.6. The van der Waals surface area contributed by atoms with Gasteiger partial charge in [0.1, 0.15) is 6.33 Å². The van der Waals surface area contributed by atoms with Crippen molar-refractivity contribution in [3.63, 3.8) is 0 Å². The summed E-state index contributed by atoms with van der Waals surface area (Å²) in [4.78, 5) is 31.4. The maximum absolute atomic E-state index is 12.6. The Balaban J connectivity index is 1.35. The number of hydrogen-bond acceptors (Lipinski definition) is 6. The first-order valence-electron chi connectivity index (χ1n) is 9.41. The number of carbonyl (C=O) groups excluding carboxylic acids is 1. The fraction of sp³-hybridized carbons (Fsp3) is 0.250. The molecule has 1 fully saturated rings. The molecule has 0 saturated carbocycles. The number of halogens is 1. The average molecular weight is 427 g/mol. The van der Waals surface area contributed by atoms with E-state index in [4.69, 9.17) is 11.6 Å². The summed E-state index contributed by atoms with van der Waals surface area (Å²) in [5.74, 6) is 0.440. The fourth-order valence-corrected chi connectivity index (χ4v) is 3.45. The van der Waals surface area contributed by atoms with Gasteiger partial charge in [-0.3, -0.25) is 19.8 Å². The topological polar surface area (TPSA) is 97.4 Å². The normalized spacial score (nSPS) is 14.6. The van der Waals surface area contributed by atoms with Gasteiger partial charge in [0.25, 0.3) is 11.6 Å². The molecule has 9 nitrogen and oxygen atoms in total. The first kappa shape index (κ1) is 20.0. The minimum atomic E-state index is -0.439. The van der Waals surface area contributed by atoms with Gasteiger partial charge in [0, 0.05) is 54.5 Å². The minimum absolute atomic E-state index is 0.0000284. The van der Waals surface area contributed by atoms with Crippen LogP contribution in [-0.4, -0.2) is 61.6 Å². The van der Waals surface area contributed by atoms with Gasteiger partial charge in [-0.25, -0.2) is 9.67 Å². The quantitative estimate of drug-likeness (QED) is 0.459. The molecule has 4 rings (SSSR count). The molecule has 0 aliphatic carbocycles. The lowest BCUT2D eigenvalue weighted by molar-refractivity contribution is -0.384. The van der Waals surface area contributed by atoms with Crippen molar-refractivity contribution in [3.05, 3.63) is 75.6 Å². The van der Waals surface area contributed by atoms with Crippen molar-refractivity contribution in [2.75, 3.05) is 26.2 Å². The largest absolute Gasteiger partial charge is 0.336 e. The lowest BCUT2D eigenvalue weighted by atomic mass is 10.2. The second kappa shape index (κ2) is 8.60. The van der Waals surface area contributed by atoms with E-state index < -0.39 is 4.92 Å². The third kappa shape index (κ3) is 4.47. The highest BCUT2D eigenvalue weighted by Crippen LogP contribution is 2.20. The number of carbonyl (C=O) groups is 1. The SMILES string of the molecule is O=C(c1ccc(Cl)cc1)N1CCN(Cn2cnc(-c3cccc([N+](=O)[O-])c3)n2)CC1. The number of aromatic nitrogens is 3. The Labute approximate surface area is 177 Å². The highest BCUT2D eigenvalue weighted by molar-refractivity contribution is 6.30. The molecule has 2 aromatic carbocycles. The molecule has 0 radical (unpaired) electrons. The van der Waals surface area contributed by atoms with Gasteiger partial charge in [0.15, 0.2) is 5.82 Å². The number of nitrogens with zero attached hydrogens (tertiary/aromatic N) is 6. The van der Waals surface area contributed by atoms with Crippen LogP contribution in [0.4, 0.5) is 5.69 Å². The van der Waals surface area contributed by atoms with Crippen LogP contribution in [0.3, 0.4) is 0 Å². The number of benzene rings is 2. The van der Waals surface area contributed by atoms with Gasteiger partial charge in [0.2, 0.25) is 0 Å². The van der Waals surface area contributed by atoms with Gasteiger partial charge >= 0.3 is 0 Å². The van der Waals surface area contributed by atoms with Crippen LogP contribution in [0.15, 0.2) is 54.9 Å². The van der Waals surface area contributed by atoms with E-state index in [1.54, 1.807) is 47.4 Å². The summed E-state index contributed by atoms with van der Waals surface area (Å²) in [6.07, 6.45) is 1.61. The Kier molecular flexibility index (Phi) is 5.73. The Morgan fingerprint density at radius 3 is 2.53 bits per heavy atom. The molecule has 0 spiro atoms. The zero-order valence-corrected chi connectivity index (χ0v) is 16.8. The van der Waals surface area contributed by atoms with E-state index in [9.17, 15) is 14.9 Å². The molecule has 2 heterocycles. The number of hydrogen-bond donors (Lipinski definition) is 0. The maximum Gasteiger partial charge on any atom is 0.270 e. The predicted molar refractivity (Wildman–Crippen MR) is 111 cm³/mol. The van der Waals surface area contributed by atoms with Crippen molar-refractivity contribution in [1.29, 1.82) is 0 Å². The first-order chi connectivity index (χ1) is 14.5. The van der Waals surface area contributed by atoms with Gasteiger partial charge < -0.3 is 4.90 Å². The second-order valence-corrected chi connectivity index (χ2v) is 7.41. The van der Waals surface area contributed by atoms with E-state index in [0.29, 0.717) is 54.8 Å². The Morgan fingerprint density at radius 1 is 1.10 bits per heavy atom. The predicted octanol–water partition coefficient (Wildman–Crippen LogP) is 2.92. The van der Waals surface area contributed by atoms with Gasteiger partial charge in [0.05, 0.1) is 11.6 Å². The third-order valence-electron chi connectivity index (χ3n) is 4.95. The summed E-state index contributed by atoms with van der Waals surface area (Å²) >= 11 is 5.89. The standard InChI is InChI=1S/C20H19ClN6O3/c21-17-6-4-15(5-7-17)20(28)25-10-8-24(9-11-25)14-26-13-22-19(23-26)16-2-1-3-18(12-16)27(29)30/h1-7,12-13H,8-11,14H2. The van der Waals surface area contributed by atoms with Gasteiger partial charge in [-0.1, -0.05) is 23.7 Å². The second-order valence-electron chi connectivity index (χ2n) is 6.97. The van der Waals surface area contributed by atoms with Crippen molar-refractivity contribution in [1.82, 2.24) is 24.6 Å². The van der Waals surface area contributed by atoms with Crippen LogP contribution in [0.25, 0.3) is 11.4 Å². The van der Waals surface area contributed by atoms with E-state index in [0.717, 1.165) is 0 Å². The van der Waals surface area contributed by atoms with E-state index in [2.05, 4.69) is 15.0 Å². The molecule has 154 valence electrons. The number of nitro groups is 1. The van der Waals surface area contributed by atoms with Crippen LogP contribution in [0.1, 0.15) is 10.4 Å². The molecule has 0 atom stereocenters. The van der Waals surface area contributed by atoms with E-state index in [1.807, 2.05) is 4.90 Å². The summed E-state index contributed by atoms with van der Waals surface area (Å²) in [6.45, 7) is 3.20. The smallest absolute Gasteiger partial charge is 0.270 e. The summed E-state index contributed by atoms with van der Waals surface area (Å²) in [5, 5.41) is 16.0. The van der Waals surface area contributed by atoms with Crippen LogP contribution in [0.2, 0.25) is 5.02 Å². The molecule has 0 unspecified atom stereocenters. The van der Waals surface area contributed by atoms with Crippen LogP contribution >= 0.6 is 11.6 Å². The molecule has 0 bridgehead atoms. The van der Waals surface area contributed by atoms with Gasteiger partial charge in [-0.2, -0.15) is 0 Å². The first-order valence-corrected chi connectivity index (χ1v) is 9.79. The monoisotopic (exact) mass is 426 g/mol. The van der Waals surface area contributed by atoms with Crippen molar-refractivity contribution in [2.24, 2.45) is 0 Å². The zero-order chi connectivity index (χ0) is 21.1. The Morgan fingerprint density at radius 2 is 1.83 bits per heavy atom. The summed E-state index contributed by atoms with van der Waals surface area (Å²) < 4.78 is 1.70. The molecular weight excluding hydrogens is 408 g/mol. The van der Waals surface area contributed by atoms with E-state index in [-0.39, 0.29) is 11.6 Å². The van der Waals surface area contributed by atoms with Crippen LogP contribution in [-0.2, 0) is 6.67 Å². The van der Waals surface area contributed by atoms with Crippen molar-refractivity contribution >= 4 is 23.2 Å². The molecule has 0 N–H and O–H groups in total. The molecule has 30 heavy (non-hydrogen) atoms. The lowest BCUT2D eigenvalue weighted by Gasteiger charge is -2.34. The number of amides is 1. The van der Waals surface area contributed by atoms with Crippen LogP contribution < -0.4 is 0 Å². The number of nitro benzene ring substituents is 1. The number of piperazine rings is 1.